The Bertz CT molecular complexity index is 269. The van der Waals surface area contributed by atoms with Gasteiger partial charge in [-0.1, -0.05) is 6.92 Å². The number of aromatic hydroxyl groups is 1. The van der Waals surface area contributed by atoms with Crippen LogP contribution in [0.2, 0.25) is 0 Å². The summed E-state index contributed by atoms with van der Waals surface area (Å²) in [5.74, 6) is 0.452. The molecule has 1 aromatic carbocycles. The molecular formula is C9H11IO. The maximum Gasteiger partial charge on any atom is 0.121 e. The van der Waals surface area contributed by atoms with E-state index < -0.39 is 0 Å². The highest BCUT2D eigenvalue weighted by Crippen LogP contribution is 2.24. The van der Waals surface area contributed by atoms with Crippen LogP contribution in [0.3, 0.4) is 0 Å². The summed E-state index contributed by atoms with van der Waals surface area (Å²) in [5, 5.41) is 9.52. The van der Waals surface area contributed by atoms with Gasteiger partial charge in [-0.25, -0.2) is 0 Å². The topological polar surface area (TPSA) is 20.2 Å². The highest BCUT2D eigenvalue weighted by atomic mass is 127. The van der Waals surface area contributed by atoms with Crippen molar-refractivity contribution < 1.29 is 5.11 Å². The van der Waals surface area contributed by atoms with Gasteiger partial charge >= 0.3 is 0 Å². The molecule has 0 saturated carbocycles. The van der Waals surface area contributed by atoms with E-state index >= 15 is 0 Å². The van der Waals surface area contributed by atoms with Gasteiger partial charge in [0.05, 0.1) is 0 Å². The number of benzene rings is 1. The first kappa shape index (κ1) is 8.84. The molecule has 0 fully saturated rings. The van der Waals surface area contributed by atoms with Gasteiger partial charge in [-0.3, -0.25) is 0 Å². The maximum absolute atomic E-state index is 9.52. The summed E-state index contributed by atoms with van der Waals surface area (Å²) in [4.78, 5) is 0. The number of rotatable bonds is 1. The molecule has 0 amide bonds. The van der Waals surface area contributed by atoms with Crippen LogP contribution in [0, 0.1) is 10.5 Å². The zero-order valence-corrected chi connectivity index (χ0v) is 8.84. The third kappa shape index (κ3) is 1.86. The lowest BCUT2D eigenvalue weighted by Crippen LogP contribution is -1.86. The van der Waals surface area contributed by atoms with Crippen LogP contribution in [0.25, 0.3) is 0 Å². The average molecular weight is 262 g/mol. The van der Waals surface area contributed by atoms with Crippen molar-refractivity contribution in [1.82, 2.24) is 0 Å². The zero-order chi connectivity index (χ0) is 8.43. The Morgan fingerprint density at radius 1 is 1.45 bits per heavy atom. The molecule has 0 spiro atoms. The summed E-state index contributed by atoms with van der Waals surface area (Å²) < 4.78 is 1.19. The summed E-state index contributed by atoms with van der Waals surface area (Å²) >= 11 is 2.26. The van der Waals surface area contributed by atoms with E-state index in [0.717, 1.165) is 17.5 Å². The highest BCUT2D eigenvalue weighted by Gasteiger charge is 2.02. The summed E-state index contributed by atoms with van der Waals surface area (Å²) in [6, 6.07) is 4.00. The Balaban J connectivity index is 3.24. The summed E-state index contributed by atoms with van der Waals surface area (Å²) in [6.45, 7) is 3.97. The number of phenolic OH excluding ortho intramolecular Hbond substituents is 1. The predicted octanol–water partition coefficient (Wildman–Crippen LogP) is 2.87. The zero-order valence-electron chi connectivity index (χ0n) is 6.69. The van der Waals surface area contributed by atoms with Gasteiger partial charge in [-0.15, -0.1) is 0 Å². The number of phenols is 1. The molecule has 1 rings (SSSR count). The lowest BCUT2D eigenvalue weighted by atomic mass is 10.1. The fourth-order valence-corrected chi connectivity index (χ4v) is 1.92. The van der Waals surface area contributed by atoms with Crippen LogP contribution in [-0.2, 0) is 6.42 Å². The second-order valence-electron chi connectivity index (χ2n) is 2.58. The van der Waals surface area contributed by atoms with Crippen LogP contribution in [0.4, 0.5) is 0 Å². The van der Waals surface area contributed by atoms with E-state index in [9.17, 15) is 5.11 Å². The fourth-order valence-electron chi connectivity index (χ4n) is 1.07. The van der Waals surface area contributed by atoms with Crippen LogP contribution >= 0.6 is 22.6 Å². The molecule has 2 heteroatoms. The van der Waals surface area contributed by atoms with Crippen molar-refractivity contribution in [2.24, 2.45) is 0 Å². The summed E-state index contributed by atoms with van der Waals surface area (Å²) in [7, 11) is 0. The second kappa shape index (κ2) is 3.43. The standard InChI is InChI=1S/C9H11IO/c1-3-7-5-8(10)4-6(2)9(7)11/h4-5,11H,3H2,1-2H3. The summed E-state index contributed by atoms with van der Waals surface area (Å²) in [6.07, 6.45) is 0.892. The first-order chi connectivity index (χ1) is 5.15. The largest absolute Gasteiger partial charge is 0.507 e. The van der Waals surface area contributed by atoms with Crippen LogP contribution < -0.4 is 0 Å². The monoisotopic (exact) mass is 262 g/mol. The molecule has 0 bridgehead atoms. The highest BCUT2D eigenvalue weighted by molar-refractivity contribution is 14.1. The molecule has 0 atom stereocenters. The third-order valence-corrected chi connectivity index (χ3v) is 2.35. The molecule has 0 radical (unpaired) electrons. The van der Waals surface area contributed by atoms with E-state index in [-0.39, 0.29) is 0 Å². The number of aryl methyl sites for hydroxylation is 2. The van der Waals surface area contributed by atoms with Gasteiger partial charge < -0.3 is 5.11 Å². The Kier molecular flexibility index (Phi) is 2.76. The molecule has 1 N–H and O–H groups in total. The van der Waals surface area contributed by atoms with Gasteiger partial charge in [0.2, 0.25) is 0 Å². The third-order valence-electron chi connectivity index (χ3n) is 1.73. The molecule has 0 aliphatic carbocycles. The maximum atomic E-state index is 9.52. The van der Waals surface area contributed by atoms with Crippen molar-refractivity contribution in [2.75, 3.05) is 0 Å². The van der Waals surface area contributed by atoms with Crippen molar-refractivity contribution in [1.29, 1.82) is 0 Å². The van der Waals surface area contributed by atoms with E-state index in [2.05, 4.69) is 22.6 Å². The molecule has 1 aromatic rings. The Morgan fingerprint density at radius 2 is 2.09 bits per heavy atom. The fraction of sp³-hybridized carbons (Fsp3) is 0.333. The van der Waals surface area contributed by atoms with Gasteiger partial charge in [-0.2, -0.15) is 0 Å². The normalized spacial score (nSPS) is 10.1. The quantitative estimate of drug-likeness (QED) is 0.771. The van der Waals surface area contributed by atoms with E-state index in [4.69, 9.17) is 0 Å². The lowest BCUT2D eigenvalue weighted by Gasteiger charge is -2.05. The van der Waals surface area contributed by atoms with Gasteiger partial charge in [0.25, 0.3) is 0 Å². The van der Waals surface area contributed by atoms with E-state index in [1.807, 2.05) is 26.0 Å². The second-order valence-corrected chi connectivity index (χ2v) is 3.83. The SMILES string of the molecule is CCc1cc(I)cc(C)c1O. The van der Waals surface area contributed by atoms with Gasteiger partial charge in [0, 0.05) is 3.57 Å². The molecule has 0 heterocycles. The van der Waals surface area contributed by atoms with Crippen LogP contribution in [0.1, 0.15) is 18.1 Å². The van der Waals surface area contributed by atoms with Crippen molar-refractivity contribution in [3.8, 4) is 5.75 Å². The summed E-state index contributed by atoms with van der Waals surface area (Å²) in [5.41, 5.74) is 2.00. The van der Waals surface area contributed by atoms with Gasteiger partial charge in [0.1, 0.15) is 5.75 Å². The van der Waals surface area contributed by atoms with E-state index in [1.165, 1.54) is 3.57 Å². The molecule has 0 aliphatic heterocycles. The molecule has 0 aliphatic rings. The molecule has 0 saturated heterocycles. The Labute approximate surface area is 80.6 Å². The van der Waals surface area contributed by atoms with Crippen molar-refractivity contribution in [3.05, 3.63) is 26.8 Å². The van der Waals surface area contributed by atoms with Crippen LogP contribution in [0.15, 0.2) is 12.1 Å². The van der Waals surface area contributed by atoms with Crippen LogP contribution in [-0.4, -0.2) is 5.11 Å². The molecule has 11 heavy (non-hydrogen) atoms. The predicted molar refractivity (Wildman–Crippen MR) is 54.9 cm³/mol. The van der Waals surface area contributed by atoms with Gasteiger partial charge in [0.15, 0.2) is 0 Å². The van der Waals surface area contributed by atoms with E-state index in [1.54, 1.807) is 0 Å². The molecule has 60 valence electrons. The number of hydrogen-bond donors (Lipinski definition) is 1. The average Bonchev–Trinajstić information content (AvgIpc) is 1.96. The van der Waals surface area contributed by atoms with E-state index in [0.29, 0.717) is 5.75 Å². The van der Waals surface area contributed by atoms with Crippen LogP contribution in [0.5, 0.6) is 5.75 Å². The lowest BCUT2D eigenvalue weighted by molar-refractivity contribution is 0.464. The Morgan fingerprint density at radius 3 is 2.64 bits per heavy atom. The van der Waals surface area contributed by atoms with Crippen molar-refractivity contribution >= 4 is 22.6 Å². The first-order valence-electron chi connectivity index (χ1n) is 3.63. The van der Waals surface area contributed by atoms with Gasteiger partial charge in [-0.05, 0) is 59.2 Å². The molecule has 0 unspecified atom stereocenters. The minimum Gasteiger partial charge on any atom is -0.507 e. The Hall–Kier alpha value is -0.250. The number of hydrogen-bond acceptors (Lipinski definition) is 1. The minimum atomic E-state index is 0.452. The number of halogens is 1. The van der Waals surface area contributed by atoms with Crippen molar-refractivity contribution in [3.63, 3.8) is 0 Å². The minimum absolute atomic E-state index is 0.452. The molecular weight excluding hydrogens is 251 g/mol. The smallest absolute Gasteiger partial charge is 0.121 e. The molecule has 1 nitrogen and oxygen atoms in total. The van der Waals surface area contributed by atoms with Crippen molar-refractivity contribution in [2.45, 2.75) is 20.3 Å². The molecule has 0 aromatic heterocycles. The first-order valence-corrected chi connectivity index (χ1v) is 4.71.